The van der Waals surface area contributed by atoms with Gasteiger partial charge < -0.3 is 15.0 Å². The number of methoxy groups -OCH3 is 1. The molecule has 0 aliphatic carbocycles. The molecular weight excluding hydrogens is 224 g/mol. The molecule has 1 aromatic carbocycles. The maximum Gasteiger partial charge on any atom is 0.144 e. The SMILES string of the molecule is COc1c(C)cc(Cl)cc1NCCN(C)C. The summed E-state index contributed by atoms with van der Waals surface area (Å²) in [6, 6.07) is 3.79. The van der Waals surface area contributed by atoms with Crippen LogP contribution in [-0.2, 0) is 0 Å². The molecule has 1 aromatic rings. The van der Waals surface area contributed by atoms with Crippen LogP contribution in [0.5, 0.6) is 5.75 Å². The van der Waals surface area contributed by atoms with Crippen molar-refractivity contribution in [2.45, 2.75) is 6.92 Å². The highest BCUT2D eigenvalue weighted by atomic mass is 35.5. The molecule has 90 valence electrons. The van der Waals surface area contributed by atoms with Gasteiger partial charge in [-0.3, -0.25) is 0 Å². The van der Waals surface area contributed by atoms with Crippen molar-refractivity contribution in [1.29, 1.82) is 0 Å². The van der Waals surface area contributed by atoms with E-state index in [1.807, 2.05) is 33.2 Å². The van der Waals surface area contributed by atoms with E-state index in [-0.39, 0.29) is 0 Å². The van der Waals surface area contributed by atoms with E-state index in [0.717, 1.165) is 35.1 Å². The quantitative estimate of drug-likeness (QED) is 0.859. The number of rotatable bonds is 5. The summed E-state index contributed by atoms with van der Waals surface area (Å²) < 4.78 is 5.35. The fraction of sp³-hybridized carbons (Fsp3) is 0.500. The van der Waals surface area contributed by atoms with Gasteiger partial charge in [0.1, 0.15) is 5.75 Å². The Morgan fingerprint density at radius 3 is 2.62 bits per heavy atom. The maximum absolute atomic E-state index is 6.01. The van der Waals surface area contributed by atoms with Gasteiger partial charge in [0.25, 0.3) is 0 Å². The summed E-state index contributed by atoms with van der Waals surface area (Å²) >= 11 is 6.01. The molecule has 0 aliphatic rings. The summed E-state index contributed by atoms with van der Waals surface area (Å²) in [6.07, 6.45) is 0. The van der Waals surface area contributed by atoms with Crippen molar-refractivity contribution in [3.05, 3.63) is 22.7 Å². The topological polar surface area (TPSA) is 24.5 Å². The number of anilines is 1. The lowest BCUT2D eigenvalue weighted by molar-refractivity contribution is 0.410. The first-order valence-electron chi connectivity index (χ1n) is 5.27. The van der Waals surface area contributed by atoms with Crippen LogP contribution in [0.2, 0.25) is 5.02 Å². The molecule has 1 rings (SSSR count). The van der Waals surface area contributed by atoms with Crippen molar-refractivity contribution in [2.75, 3.05) is 39.6 Å². The van der Waals surface area contributed by atoms with Crippen LogP contribution in [0.3, 0.4) is 0 Å². The smallest absolute Gasteiger partial charge is 0.144 e. The van der Waals surface area contributed by atoms with Gasteiger partial charge >= 0.3 is 0 Å². The molecule has 0 aliphatic heterocycles. The maximum atomic E-state index is 6.01. The van der Waals surface area contributed by atoms with Gasteiger partial charge in [-0.2, -0.15) is 0 Å². The Balaban J connectivity index is 2.77. The zero-order valence-electron chi connectivity index (χ0n) is 10.3. The van der Waals surface area contributed by atoms with Crippen molar-refractivity contribution in [2.24, 2.45) is 0 Å². The molecule has 0 amide bonds. The first kappa shape index (κ1) is 13.1. The Hall–Kier alpha value is -0.930. The van der Waals surface area contributed by atoms with E-state index in [2.05, 4.69) is 10.2 Å². The molecule has 0 bridgehead atoms. The molecule has 0 saturated heterocycles. The third-order valence-electron chi connectivity index (χ3n) is 2.32. The van der Waals surface area contributed by atoms with E-state index in [0.29, 0.717) is 0 Å². The Morgan fingerprint density at radius 1 is 1.38 bits per heavy atom. The molecule has 16 heavy (non-hydrogen) atoms. The van der Waals surface area contributed by atoms with Crippen molar-refractivity contribution < 1.29 is 4.74 Å². The number of likely N-dealkylation sites (N-methyl/N-ethyl adjacent to an activating group) is 1. The van der Waals surface area contributed by atoms with Crippen LogP contribution in [-0.4, -0.2) is 39.2 Å². The number of aryl methyl sites for hydroxylation is 1. The van der Waals surface area contributed by atoms with Crippen LogP contribution in [0.15, 0.2) is 12.1 Å². The first-order valence-corrected chi connectivity index (χ1v) is 5.65. The van der Waals surface area contributed by atoms with Gasteiger partial charge in [-0.05, 0) is 38.7 Å². The zero-order chi connectivity index (χ0) is 12.1. The van der Waals surface area contributed by atoms with Gasteiger partial charge in [-0.25, -0.2) is 0 Å². The predicted octanol–water partition coefficient (Wildman–Crippen LogP) is 2.63. The Labute approximate surface area is 102 Å². The predicted molar refractivity (Wildman–Crippen MR) is 69.8 cm³/mol. The van der Waals surface area contributed by atoms with Crippen LogP contribution in [0.25, 0.3) is 0 Å². The number of hydrogen-bond donors (Lipinski definition) is 1. The molecule has 0 unspecified atom stereocenters. The first-order chi connectivity index (χ1) is 7.54. The molecule has 0 fully saturated rings. The average molecular weight is 243 g/mol. The number of benzene rings is 1. The summed E-state index contributed by atoms with van der Waals surface area (Å²) in [7, 11) is 5.76. The molecule has 0 saturated carbocycles. The second-order valence-electron chi connectivity index (χ2n) is 4.03. The van der Waals surface area contributed by atoms with Gasteiger partial charge in [-0.15, -0.1) is 0 Å². The second-order valence-corrected chi connectivity index (χ2v) is 4.47. The minimum absolute atomic E-state index is 0.727. The lowest BCUT2D eigenvalue weighted by atomic mass is 10.2. The molecule has 0 spiro atoms. The molecule has 3 nitrogen and oxygen atoms in total. The summed E-state index contributed by atoms with van der Waals surface area (Å²) in [5, 5.41) is 4.05. The highest BCUT2D eigenvalue weighted by Gasteiger charge is 2.07. The average Bonchev–Trinajstić information content (AvgIpc) is 2.16. The summed E-state index contributed by atoms with van der Waals surface area (Å²) in [4.78, 5) is 2.12. The second kappa shape index (κ2) is 5.97. The number of nitrogens with one attached hydrogen (secondary N) is 1. The molecule has 0 radical (unpaired) electrons. The Morgan fingerprint density at radius 2 is 2.06 bits per heavy atom. The summed E-state index contributed by atoms with van der Waals surface area (Å²) in [6.45, 7) is 3.82. The minimum atomic E-state index is 0.727. The van der Waals surface area contributed by atoms with Gasteiger partial charge in [0.2, 0.25) is 0 Å². The highest BCUT2D eigenvalue weighted by Crippen LogP contribution is 2.31. The van der Waals surface area contributed by atoms with Gasteiger partial charge in [0.15, 0.2) is 0 Å². The largest absolute Gasteiger partial charge is 0.494 e. The molecule has 0 atom stereocenters. The lowest BCUT2D eigenvalue weighted by Crippen LogP contribution is -2.21. The van der Waals surface area contributed by atoms with Crippen LogP contribution in [0, 0.1) is 6.92 Å². The summed E-state index contributed by atoms with van der Waals surface area (Å²) in [5.41, 5.74) is 2.00. The molecule has 0 aromatic heterocycles. The number of nitrogens with zero attached hydrogens (tertiary/aromatic N) is 1. The van der Waals surface area contributed by atoms with Crippen molar-refractivity contribution in [3.63, 3.8) is 0 Å². The fourth-order valence-corrected chi connectivity index (χ4v) is 1.82. The molecule has 0 heterocycles. The minimum Gasteiger partial charge on any atom is -0.494 e. The molecule has 1 N–H and O–H groups in total. The third-order valence-corrected chi connectivity index (χ3v) is 2.54. The fourth-order valence-electron chi connectivity index (χ4n) is 1.55. The number of halogens is 1. The van der Waals surface area contributed by atoms with Crippen LogP contribution in [0.1, 0.15) is 5.56 Å². The van der Waals surface area contributed by atoms with E-state index in [4.69, 9.17) is 16.3 Å². The number of ether oxygens (including phenoxy) is 1. The van der Waals surface area contributed by atoms with Crippen LogP contribution >= 0.6 is 11.6 Å². The normalized spacial score (nSPS) is 10.6. The van der Waals surface area contributed by atoms with Crippen molar-refractivity contribution >= 4 is 17.3 Å². The number of hydrogen-bond acceptors (Lipinski definition) is 3. The summed E-state index contributed by atoms with van der Waals surface area (Å²) in [5.74, 6) is 0.864. The highest BCUT2D eigenvalue weighted by molar-refractivity contribution is 6.31. The van der Waals surface area contributed by atoms with Crippen molar-refractivity contribution in [1.82, 2.24) is 4.90 Å². The van der Waals surface area contributed by atoms with Gasteiger partial charge in [0.05, 0.1) is 12.8 Å². The van der Waals surface area contributed by atoms with E-state index in [9.17, 15) is 0 Å². The van der Waals surface area contributed by atoms with E-state index >= 15 is 0 Å². The monoisotopic (exact) mass is 242 g/mol. The van der Waals surface area contributed by atoms with Crippen LogP contribution in [0.4, 0.5) is 5.69 Å². The Kier molecular flexibility index (Phi) is 4.90. The lowest BCUT2D eigenvalue weighted by Gasteiger charge is -2.15. The van der Waals surface area contributed by atoms with Crippen molar-refractivity contribution in [3.8, 4) is 5.75 Å². The standard InChI is InChI=1S/C12H19ClN2O/c1-9-7-10(13)8-11(12(9)16-4)14-5-6-15(2)3/h7-8,14H,5-6H2,1-4H3. The Bertz CT molecular complexity index is 353. The molecule has 4 heteroatoms. The van der Waals surface area contributed by atoms with E-state index < -0.39 is 0 Å². The third kappa shape index (κ3) is 3.58. The van der Waals surface area contributed by atoms with Gasteiger partial charge in [-0.1, -0.05) is 11.6 Å². The zero-order valence-corrected chi connectivity index (χ0v) is 11.1. The van der Waals surface area contributed by atoms with Crippen LogP contribution < -0.4 is 10.1 Å². The molecular formula is C12H19ClN2O. The van der Waals surface area contributed by atoms with E-state index in [1.54, 1.807) is 7.11 Å². The van der Waals surface area contributed by atoms with Gasteiger partial charge in [0, 0.05) is 18.1 Å². The van der Waals surface area contributed by atoms with E-state index in [1.165, 1.54) is 0 Å².